The standard InChI is InChI=1S/C22H30N4O2S/c1-4-28-20-13-9-8-10-18(20)16-24-22(25-17-21(27)26(2)3)23-14-15-29-19-11-6-5-7-12-19/h5-13H,4,14-17H2,1-3H3,(H2,23,24,25). The second-order valence-corrected chi connectivity index (χ2v) is 7.60. The molecule has 0 aromatic heterocycles. The topological polar surface area (TPSA) is 66.0 Å². The molecule has 2 aromatic rings. The Labute approximate surface area is 177 Å². The highest BCUT2D eigenvalue weighted by atomic mass is 32.2. The number of thioether (sulfide) groups is 1. The van der Waals surface area contributed by atoms with E-state index in [1.165, 1.54) is 4.90 Å². The van der Waals surface area contributed by atoms with Gasteiger partial charge in [-0.1, -0.05) is 36.4 Å². The van der Waals surface area contributed by atoms with Crippen molar-refractivity contribution in [1.82, 2.24) is 15.5 Å². The van der Waals surface area contributed by atoms with Crippen molar-refractivity contribution in [2.45, 2.75) is 18.4 Å². The zero-order chi connectivity index (χ0) is 20.9. The summed E-state index contributed by atoms with van der Waals surface area (Å²) >= 11 is 1.77. The minimum atomic E-state index is -0.00660. The number of rotatable bonds is 10. The molecule has 0 heterocycles. The van der Waals surface area contributed by atoms with Gasteiger partial charge in [-0.25, -0.2) is 4.99 Å². The number of likely N-dealkylation sites (N-methyl/N-ethyl adjacent to an activating group) is 1. The molecule has 0 aliphatic carbocycles. The average Bonchev–Trinajstić information content (AvgIpc) is 2.74. The largest absolute Gasteiger partial charge is 0.494 e. The summed E-state index contributed by atoms with van der Waals surface area (Å²) in [4.78, 5) is 19.4. The zero-order valence-electron chi connectivity index (χ0n) is 17.4. The molecule has 0 saturated carbocycles. The summed E-state index contributed by atoms with van der Waals surface area (Å²) in [6, 6.07) is 18.1. The molecular weight excluding hydrogens is 384 g/mol. The third-order valence-corrected chi connectivity index (χ3v) is 5.01. The summed E-state index contributed by atoms with van der Waals surface area (Å²) in [6.45, 7) is 3.96. The monoisotopic (exact) mass is 414 g/mol. The van der Waals surface area contributed by atoms with Crippen LogP contribution in [0.1, 0.15) is 12.5 Å². The van der Waals surface area contributed by atoms with Crippen LogP contribution in [-0.2, 0) is 11.3 Å². The van der Waals surface area contributed by atoms with Gasteiger partial charge in [-0.05, 0) is 25.1 Å². The minimum absolute atomic E-state index is 0.00660. The number of carbonyl (C=O) groups excluding carboxylic acids is 1. The van der Waals surface area contributed by atoms with Gasteiger partial charge in [0.2, 0.25) is 5.91 Å². The van der Waals surface area contributed by atoms with Crippen LogP contribution in [-0.4, -0.2) is 56.3 Å². The fraction of sp³-hybridized carbons (Fsp3) is 0.364. The third kappa shape index (κ3) is 8.48. The molecule has 7 heteroatoms. The summed E-state index contributed by atoms with van der Waals surface area (Å²) in [7, 11) is 3.48. The maximum absolute atomic E-state index is 11.9. The molecule has 0 aliphatic heterocycles. The van der Waals surface area contributed by atoms with E-state index >= 15 is 0 Å². The predicted octanol–water partition coefficient (Wildman–Crippen LogP) is 3.00. The van der Waals surface area contributed by atoms with Crippen LogP contribution in [0.25, 0.3) is 0 Å². The average molecular weight is 415 g/mol. The summed E-state index contributed by atoms with van der Waals surface area (Å²) in [5, 5.41) is 6.43. The van der Waals surface area contributed by atoms with Gasteiger partial charge in [0.25, 0.3) is 0 Å². The molecule has 0 spiro atoms. The lowest BCUT2D eigenvalue weighted by molar-refractivity contribution is -0.127. The first kappa shape index (κ1) is 22.6. The molecule has 156 valence electrons. The lowest BCUT2D eigenvalue weighted by atomic mass is 10.2. The Morgan fingerprint density at radius 1 is 1.07 bits per heavy atom. The lowest BCUT2D eigenvalue weighted by Crippen LogP contribution is -2.43. The number of hydrogen-bond acceptors (Lipinski definition) is 4. The molecule has 0 aliphatic rings. The maximum atomic E-state index is 11.9. The fourth-order valence-corrected chi connectivity index (χ4v) is 3.23. The molecule has 2 aromatic carbocycles. The molecule has 0 saturated heterocycles. The molecule has 1 amide bonds. The number of guanidine groups is 1. The number of nitrogens with one attached hydrogen (secondary N) is 2. The molecule has 0 fully saturated rings. The molecule has 2 rings (SSSR count). The van der Waals surface area contributed by atoms with E-state index in [0.717, 1.165) is 23.6 Å². The van der Waals surface area contributed by atoms with Crippen molar-refractivity contribution < 1.29 is 9.53 Å². The highest BCUT2D eigenvalue weighted by Gasteiger charge is 2.07. The number of para-hydroxylation sites is 1. The van der Waals surface area contributed by atoms with Crippen LogP contribution in [0.2, 0.25) is 0 Å². The van der Waals surface area contributed by atoms with E-state index in [2.05, 4.69) is 27.8 Å². The van der Waals surface area contributed by atoms with Crippen LogP contribution >= 0.6 is 11.8 Å². The molecule has 6 nitrogen and oxygen atoms in total. The number of benzene rings is 2. The van der Waals surface area contributed by atoms with E-state index in [4.69, 9.17) is 4.74 Å². The van der Waals surface area contributed by atoms with E-state index < -0.39 is 0 Å². The van der Waals surface area contributed by atoms with Crippen molar-refractivity contribution in [3.05, 3.63) is 60.2 Å². The number of carbonyl (C=O) groups is 1. The van der Waals surface area contributed by atoms with Crippen molar-refractivity contribution in [1.29, 1.82) is 0 Å². The van der Waals surface area contributed by atoms with Gasteiger partial charge < -0.3 is 20.3 Å². The van der Waals surface area contributed by atoms with E-state index in [-0.39, 0.29) is 12.5 Å². The SMILES string of the molecule is CCOc1ccccc1CN=C(NCCSc1ccccc1)NCC(=O)N(C)C. The Bertz CT molecular complexity index is 781. The van der Waals surface area contributed by atoms with Gasteiger partial charge in [-0.15, -0.1) is 11.8 Å². The Morgan fingerprint density at radius 2 is 1.79 bits per heavy atom. The molecule has 0 radical (unpaired) electrons. The highest BCUT2D eigenvalue weighted by molar-refractivity contribution is 7.99. The predicted molar refractivity (Wildman–Crippen MR) is 121 cm³/mol. The summed E-state index contributed by atoms with van der Waals surface area (Å²) in [5.41, 5.74) is 1.01. The lowest BCUT2D eigenvalue weighted by Gasteiger charge is -2.15. The zero-order valence-corrected chi connectivity index (χ0v) is 18.2. The molecule has 0 atom stereocenters. The summed E-state index contributed by atoms with van der Waals surface area (Å²) in [6.07, 6.45) is 0. The maximum Gasteiger partial charge on any atom is 0.241 e. The molecule has 29 heavy (non-hydrogen) atoms. The second-order valence-electron chi connectivity index (χ2n) is 6.44. The van der Waals surface area contributed by atoms with Crippen molar-refractivity contribution >= 4 is 23.6 Å². The van der Waals surface area contributed by atoms with Gasteiger partial charge in [0, 0.05) is 36.9 Å². The number of aliphatic imine (C=N–C) groups is 1. The Morgan fingerprint density at radius 3 is 2.52 bits per heavy atom. The Balaban J connectivity index is 1.96. The molecular formula is C22H30N4O2S. The smallest absolute Gasteiger partial charge is 0.241 e. The van der Waals surface area contributed by atoms with Gasteiger partial charge >= 0.3 is 0 Å². The Hall–Kier alpha value is -2.67. The van der Waals surface area contributed by atoms with Gasteiger partial charge in [-0.3, -0.25) is 4.79 Å². The number of amides is 1. The van der Waals surface area contributed by atoms with E-state index in [9.17, 15) is 4.79 Å². The minimum Gasteiger partial charge on any atom is -0.494 e. The first-order valence-electron chi connectivity index (χ1n) is 9.71. The van der Waals surface area contributed by atoms with Crippen LogP contribution in [0.4, 0.5) is 0 Å². The van der Waals surface area contributed by atoms with Gasteiger partial charge in [-0.2, -0.15) is 0 Å². The summed E-state index contributed by atoms with van der Waals surface area (Å²) in [5.74, 6) is 2.33. The van der Waals surface area contributed by atoms with Crippen molar-refractivity contribution in [2.24, 2.45) is 4.99 Å². The normalized spacial score (nSPS) is 11.1. The number of ether oxygens (including phenoxy) is 1. The first-order chi connectivity index (χ1) is 14.1. The fourth-order valence-electron chi connectivity index (χ4n) is 2.44. The van der Waals surface area contributed by atoms with Crippen LogP contribution in [0.15, 0.2) is 64.5 Å². The highest BCUT2D eigenvalue weighted by Crippen LogP contribution is 2.19. The van der Waals surface area contributed by atoms with Crippen LogP contribution in [0, 0.1) is 0 Å². The van der Waals surface area contributed by atoms with Crippen molar-refractivity contribution in [3.63, 3.8) is 0 Å². The van der Waals surface area contributed by atoms with Crippen LogP contribution in [0.5, 0.6) is 5.75 Å². The molecule has 2 N–H and O–H groups in total. The Kier molecular flexibility index (Phi) is 9.92. The van der Waals surface area contributed by atoms with E-state index in [0.29, 0.717) is 19.1 Å². The van der Waals surface area contributed by atoms with Gasteiger partial charge in [0.1, 0.15) is 5.75 Å². The summed E-state index contributed by atoms with van der Waals surface area (Å²) < 4.78 is 5.67. The first-order valence-corrected chi connectivity index (χ1v) is 10.7. The van der Waals surface area contributed by atoms with Crippen molar-refractivity contribution in [2.75, 3.05) is 39.5 Å². The van der Waals surface area contributed by atoms with Crippen LogP contribution < -0.4 is 15.4 Å². The van der Waals surface area contributed by atoms with E-state index in [1.807, 2.05) is 49.4 Å². The van der Waals surface area contributed by atoms with Crippen LogP contribution in [0.3, 0.4) is 0 Å². The van der Waals surface area contributed by atoms with Crippen molar-refractivity contribution in [3.8, 4) is 5.75 Å². The van der Waals surface area contributed by atoms with Gasteiger partial charge in [0.15, 0.2) is 5.96 Å². The molecule has 0 bridgehead atoms. The third-order valence-electron chi connectivity index (χ3n) is 3.99. The van der Waals surface area contributed by atoms with E-state index in [1.54, 1.807) is 30.8 Å². The number of nitrogens with zero attached hydrogens (tertiary/aromatic N) is 2. The number of hydrogen-bond donors (Lipinski definition) is 2. The second kappa shape index (κ2) is 12.7. The van der Waals surface area contributed by atoms with Gasteiger partial charge in [0.05, 0.1) is 19.7 Å². The quantitative estimate of drug-likeness (QED) is 0.271. The molecule has 0 unspecified atom stereocenters.